The molecule has 0 radical (unpaired) electrons. The van der Waals surface area contributed by atoms with Gasteiger partial charge in [-0.05, 0) is 23.8 Å². The number of hydrogen-bond donors (Lipinski definition) is 2. The highest BCUT2D eigenvalue weighted by Gasteiger charge is 2.06. The van der Waals surface area contributed by atoms with Crippen molar-refractivity contribution in [3.63, 3.8) is 0 Å². The summed E-state index contributed by atoms with van der Waals surface area (Å²) in [5.74, 6) is -0.0574. The van der Waals surface area contributed by atoms with Crippen molar-refractivity contribution in [2.24, 2.45) is 0 Å². The monoisotopic (exact) mass is 256 g/mol. The molecule has 0 aliphatic carbocycles. The van der Waals surface area contributed by atoms with Crippen LogP contribution in [0.15, 0.2) is 42.7 Å². The number of nitrogen functional groups attached to an aromatic ring is 1. The van der Waals surface area contributed by atoms with Crippen LogP contribution in [0.3, 0.4) is 0 Å². The molecule has 0 unspecified atom stereocenters. The van der Waals surface area contributed by atoms with Gasteiger partial charge in [-0.1, -0.05) is 12.1 Å². The number of nitrogens with one attached hydrogen (secondary N) is 1. The molecule has 2 aromatic rings. The summed E-state index contributed by atoms with van der Waals surface area (Å²) in [4.78, 5) is 13.5. The molecule has 98 valence electrons. The Morgan fingerprint density at radius 1 is 1.42 bits per heavy atom. The number of amides is 1. The third-order valence-corrected chi connectivity index (χ3v) is 2.71. The van der Waals surface area contributed by atoms with E-state index in [0.29, 0.717) is 12.2 Å². The topological polar surface area (TPSA) is 75.0 Å². The largest absolute Gasteiger partial charge is 0.399 e. The van der Waals surface area contributed by atoms with E-state index in [0.717, 1.165) is 11.1 Å². The van der Waals surface area contributed by atoms with Crippen molar-refractivity contribution < 1.29 is 4.79 Å². The van der Waals surface area contributed by atoms with Gasteiger partial charge in [0.1, 0.15) is 0 Å². The summed E-state index contributed by atoms with van der Waals surface area (Å²) in [6.45, 7) is 0.529. The molecule has 1 heterocycles. The van der Waals surface area contributed by atoms with E-state index in [9.17, 15) is 4.79 Å². The summed E-state index contributed by atoms with van der Waals surface area (Å²) >= 11 is 0. The van der Waals surface area contributed by atoms with Gasteiger partial charge in [0.2, 0.25) is 5.91 Å². The first kappa shape index (κ1) is 12.9. The summed E-state index contributed by atoms with van der Waals surface area (Å²) < 4.78 is 0. The molecule has 0 saturated carbocycles. The molecular formula is C14H16N4O. The van der Waals surface area contributed by atoms with E-state index in [2.05, 4.69) is 10.2 Å². The van der Waals surface area contributed by atoms with Crippen molar-refractivity contribution in [3.8, 4) is 0 Å². The lowest BCUT2D eigenvalue weighted by Gasteiger charge is -2.13. The van der Waals surface area contributed by atoms with Gasteiger partial charge in [-0.3, -0.25) is 9.89 Å². The van der Waals surface area contributed by atoms with E-state index in [4.69, 9.17) is 5.73 Å². The summed E-state index contributed by atoms with van der Waals surface area (Å²) in [5, 5.41) is 6.56. The number of carbonyl (C=O) groups excluding carboxylic acids is 1. The smallest absolute Gasteiger partial charge is 0.246 e. The van der Waals surface area contributed by atoms with Gasteiger partial charge in [-0.15, -0.1) is 0 Å². The van der Waals surface area contributed by atoms with Crippen molar-refractivity contribution in [2.75, 3.05) is 12.8 Å². The fourth-order valence-corrected chi connectivity index (χ4v) is 1.62. The number of likely N-dealkylation sites (N-methyl/N-ethyl adjacent to an activating group) is 1. The Morgan fingerprint density at radius 2 is 2.16 bits per heavy atom. The summed E-state index contributed by atoms with van der Waals surface area (Å²) in [6, 6.07) is 7.35. The van der Waals surface area contributed by atoms with E-state index >= 15 is 0 Å². The van der Waals surface area contributed by atoms with Gasteiger partial charge in [0.15, 0.2) is 0 Å². The first-order valence-corrected chi connectivity index (χ1v) is 5.91. The normalized spacial score (nSPS) is 10.8. The van der Waals surface area contributed by atoms with Crippen LogP contribution in [0.5, 0.6) is 0 Å². The molecule has 1 aromatic carbocycles. The number of hydrogen-bond acceptors (Lipinski definition) is 3. The lowest BCUT2D eigenvalue weighted by Crippen LogP contribution is -2.23. The van der Waals surface area contributed by atoms with Crippen molar-refractivity contribution >= 4 is 17.7 Å². The van der Waals surface area contributed by atoms with Gasteiger partial charge in [0.05, 0.1) is 6.20 Å². The quantitative estimate of drug-likeness (QED) is 0.645. The number of nitrogens with zero attached hydrogens (tertiary/aromatic N) is 2. The molecule has 0 aliphatic rings. The number of H-pyrrole nitrogens is 1. The van der Waals surface area contributed by atoms with Crippen LogP contribution < -0.4 is 5.73 Å². The van der Waals surface area contributed by atoms with Crippen molar-refractivity contribution in [3.05, 3.63) is 53.9 Å². The summed E-state index contributed by atoms with van der Waals surface area (Å²) in [6.07, 6.45) is 6.79. The van der Waals surface area contributed by atoms with Crippen LogP contribution in [-0.4, -0.2) is 28.1 Å². The predicted molar refractivity (Wildman–Crippen MR) is 75.0 cm³/mol. The number of benzene rings is 1. The van der Waals surface area contributed by atoms with Crippen molar-refractivity contribution in [1.29, 1.82) is 0 Å². The Bertz CT molecular complexity index is 558. The van der Waals surface area contributed by atoms with Crippen LogP contribution in [0.2, 0.25) is 0 Å². The van der Waals surface area contributed by atoms with Crippen LogP contribution in [0, 0.1) is 0 Å². The number of nitrogens with two attached hydrogens (primary N) is 1. The molecule has 0 saturated heterocycles. The van der Waals surface area contributed by atoms with Gasteiger partial charge in [-0.2, -0.15) is 5.10 Å². The third kappa shape index (κ3) is 3.70. The molecule has 5 nitrogen and oxygen atoms in total. The molecule has 2 rings (SSSR count). The maximum atomic E-state index is 11.9. The van der Waals surface area contributed by atoms with Crippen LogP contribution >= 0.6 is 0 Å². The summed E-state index contributed by atoms with van der Waals surface area (Å²) in [5.41, 5.74) is 8.22. The SMILES string of the molecule is CN(Cc1cn[nH]c1)C(=O)/C=C/c1ccc(N)cc1. The van der Waals surface area contributed by atoms with Gasteiger partial charge in [0, 0.05) is 37.1 Å². The Morgan fingerprint density at radius 3 is 2.79 bits per heavy atom. The van der Waals surface area contributed by atoms with E-state index in [-0.39, 0.29) is 5.91 Å². The van der Waals surface area contributed by atoms with Crippen LogP contribution in [-0.2, 0) is 11.3 Å². The number of anilines is 1. The standard InChI is InChI=1S/C14H16N4O/c1-18(10-12-8-16-17-9-12)14(19)7-4-11-2-5-13(15)6-3-11/h2-9H,10,15H2,1H3,(H,16,17)/b7-4+. The molecule has 0 aliphatic heterocycles. The molecule has 1 aromatic heterocycles. The van der Waals surface area contributed by atoms with E-state index in [1.807, 2.05) is 12.1 Å². The Labute approximate surface area is 111 Å². The zero-order chi connectivity index (χ0) is 13.7. The predicted octanol–water partition coefficient (Wildman–Crippen LogP) is 1.66. The average molecular weight is 256 g/mol. The molecule has 5 heteroatoms. The lowest BCUT2D eigenvalue weighted by atomic mass is 10.2. The number of aromatic nitrogens is 2. The molecule has 1 amide bonds. The first-order valence-electron chi connectivity index (χ1n) is 5.91. The molecule has 0 fully saturated rings. The third-order valence-electron chi connectivity index (χ3n) is 2.71. The fourth-order valence-electron chi connectivity index (χ4n) is 1.62. The van der Waals surface area contributed by atoms with Crippen LogP contribution in [0.25, 0.3) is 6.08 Å². The molecule has 3 N–H and O–H groups in total. The number of aromatic amines is 1. The number of rotatable bonds is 4. The van der Waals surface area contributed by atoms with Gasteiger partial charge < -0.3 is 10.6 Å². The van der Waals surface area contributed by atoms with Gasteiger partial charge in [0.25, 0.3) is 0 Å². The van der Waals surface area contributed by atoms with E-state index in [1.165, 1.54) is 0 Å². The minimum atomic E-state index is -0.0574. The lowest BCUT2D eigenvalue weighted by molar-refractivity contribution is -0.125. The fraction of sp³-hybridized carbons (Fsp3) is 0.143. The molecular weight excluding hydrogens is 240 g/mol. The minimum absolute atomic E-state index is 0.0574. The average Bonchev–Trinajstić information content (AvgIpc) is 2.90. The van der Waals surface area contributed by atoms with Crippen LogP contribution in [0.4, 0.5) is 5.69 Å². The summed E-state index contributed by atoms with van der Waals surface area (Å²) in [7, 11) is 1.75. The zero-order valence-corrected chi connectivity index (χ0v) is 10.7. The molecule has 0 spiro atoms. The highest BCUT2D eigenvalue weighted by molar-refractivity contribution is 5.91. The van der Waals surface area contributed by atoms with Crippen molar-refractivity contribution in [1.82, 2.24) is 15.1 Å². The highest BCUT2D eigenvalue weighted by atomic mass is 16.2. The highest BCUT2D eigenvalue weighted by Crippen LogP contribution is 2.08. The second-order valence-electron chi connectivity index (χ2n) is 4.30. The Kier molecular flexibility index (Phi) is 3.97. The van der Waals surface area contributed by atoms with Gasteiger partial charge in [-0.25, -0.2) is 0 Å². The molecule has 0 atom stereocenters. The molecule has 19 heavy (non-hydrogen) atoms. The number of carbonyl (C=O) groups is 1. The van der Waals surface area contributed by atoms with Crippen LogP contribution in [0.1, 0.15) is 11.1 Å². The first-order chi connectivity index (χ1) is 9.15. The second-order valence-corrected chi connectivity index (χ2v) is 4.30. The minimum Gasteiger partial charge on any atom is -0.399 e. The van der Waals surface area contributed by atoms with Crippen molar-refractivity contribution in [2.45, 2.75) is 6.54 Å². The van der Waals surface area contributed by atoms with Gasteiger partial charge >= 0.3 is 0 Å². The zero-order valence-electron chi connectivity index (χ0n) is 10.7. The van der Waals surface area contributed by atoms with E-state index in [1.54, 1.807) is 48.6 Å². The second kappa shape index (κ2) is 5.86. The van der Waals surface area contributed by atoms with E-state index < -0.39 is 0 Å². The Hall–Kier alpha value is -2.56. The maximum Gasteiger partial charge on any atom is 0.246 e. The maximum absolute atomic E-state index is 11.9. The Balaban J connectivity index is 1.94. The molecule has 0 bridgehead atoms.